The van der Waals surface area contributed by atoms with E-state index >= 15 is 0 Å². The summed E-state index contributed by atoms with van der Waals surface area (Å²) in [5, 5.41) is 3.51. The number of benzene rings is 1. The van der Waals surface area contributed by atoms with Gasteiger partial charge in [-0.1, -0.05) is 23.7 Å². The molecule has 1 aromatic heterocycles. The number of halogens is 1. The lowest BCUT2D eigenvalue weighted by Gasteiger charge is -1.99. The third-order valence-corrected chi connectivity index (χ3v) is 3.27. The van der Waals surface area contributed by atoms with Gasteiger partial charge < -0.3 is 0 Å². The summed E-state index contributed by atoms with van der Waals surface area (Å²) in [7, 11) is 0. The molecule has 0 bridgehead atoms. The minimum absolute atomic E-state index is 0.109. The zero-order chi connectivity index (χ0) is 11.4. The first kappa shape index (κ1) is 11.3. The number of thiazole rings is 1. The van der Waals surface area contributed by atoms with Gasteiger partial charge in [0.25, 0.3) is 0 Å². The molecule has 0 saturated carbocycles. The molecule has 1 aromatic carbocycles. The number of ketones is 1. The van der Waals surface area contributed by atoms with Gasteiger partial charge >= 0.3 is 0 Å². The van der Waals surface area contributed by atoms with Crippen LogP contribution in [-0.4, -0.2) is 10.8 Å². The number of hydrogen-bond donors (Lipinski definition) is 0. The summed E-state index contributed by atoms with van der Waals surface area (Å²) in [5.74, 6) is 0.109. The van der Waals surface area contributed by atoms with Crippen molar-refractivity contribution in [2.75, 3.05) is 0 Å². The van der Waals surface area contributed by atoms with Crippen molar-refractivity contribution < 1.29 is 4.79 Å². The average molecular weight is 252 g/mol. The fraction of sp³-hybridized carbons (Fsp3) is 0.167. The number of carbonyl (C=O) groups excluding carboxylic acids is 1. The zero-order valence-electron chi connectivity index (χ0n) is 8.52. The largest absolute Gasteiger partial charge is 0.294 e. The molecule has 0 amide bonds. The molecule has 2 nitrogen and oxygen atoms in total. The first-order valence-electron chi connectivity index (χ1n) is 4.93. The Kier molecular flexibility index (Phi) is 3.70. The number of aryl methyl sites for hydroxylation is 1. The quantitative estimate of drug-likeness (QED) is 0.777. The molecule has 1 heterocycles. The van der Waals surface area contributed by atoms with Crippen LogP contribution < -0.4 is 0 Å². The van der Waals surface area contributed by atoms with E-state index in [1.165, 1.54) is 0 Å². The lowest BCUT2D eigenvalue weighted by atomic mass is 10.1. The molecule has 0 aliphatic heterocycles. The normalized spacial score (nSPS) is 10.3. The van der Waals surface area contributed by atoms with Gasteiger partial charge in [-0.15, -0.1) is 11.3 Å². The van der Waals surface area contributed by atoms with E-state index in [-0.39, 0.29) is 5.78 Å². The van der Waals surface area contributed by atoms with Gasteiger partial charge in [0.2, 0.25) is 0 Å². The molecule has 0 spiro atoms. The minimum Gasteiger partial charge on any atom is -0.294 e. The van der Waals surface area contributed by atoms with Gasteiger partial charge in [0.05, 0.1) is 5.01 Å². The summed E-state index contributed by atoms with van der Waals surface area (Å²) in [6, 6.07) is 7.04. The van der Waals surface area contributed by atoms with Crippen LogP contribution in [-0.2, 0) is 6.42 Å². The molecule has 0 radical (unpaired) electrons. The van der Waals surface area contributed by atoms with Gasteiger partial charge in [0, 0.05) is 35.0 Å². The number of rotatable bonds is 4. The maximum Gasteiger partial charge on any atom is 0.163 e. The number of aromatic nitrogens is 1. The van der Waals surface area contributed by atoms with Crippen molar-refractivity contribution in [2.24, 2.45) is 0 Å². The van der Waals surface area contributed by atoms with Crippen molar-refractivity contribution in [3.63, 3.8) is 0 Å². The van der Waals surface area contributed by atoms with E-state index in [2.05, 4.69) is 4.98 Å². The van der Waals surface area contributed by atoms with Crippen molar-refractivity contribution in [3.05, 3.63) is 51.4 Å². The van der Waals surface area contributed by atoms with Gasteiger partial charge in [-0.25, -0.2) is 4.98 Å². The summed E-state index contributed by atoms with van der Waals surface area (Å²) >= 11 is 7.40. The molecule has 0 aliphatic rings. The maximum absolute atomic E-state index is 11.8. The van der Waals surface area contributed by atoms with Gasteiger partial charge in [-0.3, -0.25) is 4.79 Å². The van der Waals surface area contributed by atoms with Crippen LogP contribution in [0, 0.1) is 0 Å². The van der Waals surface area contributed by atoms with Crippen LogP contribution in [0.3, 0.4) is 0 Å². The standard InChI is InChI=1S/C12H10ClNOS/c13-10-3-1-2-9(8-10)11(15)4-5-12-14-6-7-16-12/h1-3,6-8H,4-5H2. The molecule has 0 atom stereocenters. The van der Waals surface area contributed by atoms with Gasteiger partial charge in [0.15, 0.2) is 5.78 Å². The third kappa shape index (κ3) is 2.90. The van der Waals surface area contributed by atoms with E-state index in [1.807, 2.05) is 5.38 Å². The molecular formula is C12H10ClNOS. The molecule has 4 heteroatoms. The monoisotopic (exact) mass is 251 g/mol. The number of nitrogens with zero attached hydrogens (tertiary/aromatic N) is 1. The molecule has 16 heavy (non-hydrogen) atoms. The Bertz CT molecular complexity index is 482. The highest BCUT2D eigenvalue weighted by molar-refractivity contribution is 7.09. The van der Waals surface area contributed by atoms with Crippen molar-refractivity contribution in [3.8, 4) is 0 Å². The van der Waals surface area contributed by atoms with Crippen molar-refractivity contribution in [1.82, 2.24) is 4.98 Å². The molecule has 0 N–H and O–H groups in total. The van der Waals surface area contributed by atoms with E-state index in [0.29, 0.717) is 23.4 Å². The Morgan fingerprint density at radius 1 is 1.44 bits per heavy atom. The summed E-state index contributed by atoms with van der Waals surface area (Å²) < 4.78 is 0. The average Bonchev–Trinajstić information content (AvgIpc) is 2.78. The minimum atomic E-state index is 0.109. The second-order valence-electron chi connectivity index (χ2n) is 3.36. The van der Waals surface area contributed by atoms with Gasteiger partial charge in [-0.05, 0) is 12.1 Å². The van der Waals surface area contributed by atoms with E-state index in [1.54, 1.807) is 41.8 Å². The van der Waals surface area contributed by atoms with Crippen LogP contribution in [0.1, 0.15) is 21.8 Å². The lowest BCUT2D eigenvalue weighted by molar-refractivity contribution is 0.0983. The number of Topliss-reactive ketones (excluding diaryl/α,β-unsaturated/α-hetero) is 1. The van der Waals surface area contributed by atoms with E-state index in [4.69, 9.17) is 11.6 Å². The summed E-state index contributed by atoms with van der Waals surface area (Å²) in [6.45, 7) is 0. The van der Waals surface area contributed by atoms with Crippen LogP contribution in [0.2, 0.25) is 5.02 Å². The third-order valence-electron chi connectivity index (χ3n) is 2.20. The summed E-state index contributed by atoms with van der Waals surface area (Å²) in [4.78, 5) is 15.9. The van der Waals surface area contributed by atoms with E-state index in [0.717, 1.165) is 5.01 Å². The Morgan fingerprint density at radius 3 is 3.00 bits per heavy atom. The van der Waals surface area contributed by atoms with Crippen LogP contribution in [0.4, 0.5) is 0 Å². The van der Waals surface area contributed by atoms with Crippen molar-refractivity contribution in [1.29, 1.82) is 0 Å². The first-order valence-corrected chi connectivity index (χ1v) is 6.18. The SMILES string of the molecule is O=C(CCc1nccs1)c1cccc(Cl)c1. The molecule has 0 saturated heterocycles. The molecule has 0 unspecified atom stereocenters. The predicted octanol–water partition coefficient (Wildman–Crippen LogP) is 3.61. The Morgan fingerprint density at radius 2 is 2.31 bits per heavy atom. The van der Waals surface area contributed by atoms with Crippen LogP contribution in [0.25, 0.3) is 0 Å². The molecule has 0 fully saturated rings. The zero-order valence-corrected chi connectivity index (χ0v) is 10.1. The molecule has 2 rings (SSSR count). The van der Waals surface area contributed by atoms with E-state index in [9.17, 15) is 4.79 Å². The fourth-order valence-electron chi connectivity index (χ4n) is 1.40. The summed E-state index contributed by atoms with van der Waals surface area (Å²) in [5.41, 5.74) is 0.670. The Balaban J connectivity index is 1.98. The van der Waals surface area contributed by atoms with Gasteiger partial charge in [-0.2, -0.15) is 0 Å². The highest BCUT2D eigenvalue weighted by atomic mass is 35.5. The molecule has 0 aliphatic carbocycles. The second-order valence-corrected chi connectivity index (χ2v) is 4.77. The lowest BCUT2D eigenvalue weighted by Crippen LogP contribution is -2.00. The topological polar surface area (TPSA) is 30.0 Å². The first-order chi connectivity index (χ1) is 7.75. The Labute approximate surface area is 103 Å². The van der Waals surface area contributed by atoms with Crippen LogP contribution in [0.5, 0.6) is 0 Å². The maximum atomic E-state index is 11.8. The van der Waals surface area contributed by atoms with Crippen molar-refractivity contribution in [2.45, 2.75) is 12.8 Å². The van der Waals surface area contributed by atoms with Gasteiger partial charge in [0.1, 0.15) is 0 Å². The molecule has 2 aromatic rings. The smallest absolute Gasteiger partial charge is 0.163 e. The molecular weight excluding hydrogens is 242 g/mol. The number of hydrogen-bond acceptors (Lipinski definition) is 3. The molecule has 82 valence electrons. The highest BCUT2D eigenvalue weighted by Gasteiger charge is 2.07. The number of carbonyl (C=O) groups is 1. The Hall–Kier alpha value is -1.19. The highest BCUT2D eigenvalue weighted by Crippen LogP contribution is 2.14. The van der Waals surface area contributed by atoms with Crippen LogP contribution >= 0.6 is 22.9 Å². The summed E-state index contributed by atoms with van der Waals surface area (Å²) in [6.07, 6.45) is 2.93. The van der Waals surface area contributed by atoms with Crippen molar-refractivity contribution >= 4 is 28.7 Å². The second kappa shape index (κ2) is 5.23. The predicted molar refractivity (Wildman–Crippen MR) is 66.2 cm³/mol. The van der Waals surface area contributed by atoms with Crippen LogP contribution in [0.15, 0.2) is 35.8 Å². The van der Waals surface area contributed by atoms with E-state index < -0.39 is 0 Å². The fourth-order valence-corrected chi connectivity index (χ4v) is 2.21.